The van der Waals surface area contributed by atoms with Crippen molar-refractivity contribution >= 4 is 11.6 Å². The van der Waals surface area contributed by atoms with Crippen LogP contribution in [0, 0.1) is 0 Å². The van der Waals surface area contributed by atoms with Crippen LogP contribution in [0.2, 0.25) is 5.15 Å². The van der Waals surface area contributed by atoms with E-state index in [0.29, 0.717) is 0 Å². The quantitative estimate of drug-likeness (QED) is 0.332. The first-order chi connectivity index (χ1) is 13.5. The van der Waals surface area contributed by atoms with Crippen LogP contribution in [-0.2, 0) is 0 Å². The maximum absolute atomic E-state index is 12.8. The molecule has 0 aliphatic carbocycles. The first-order valence-electron chi connectivity index (χ1n) is 7.90. The highest BCUT2D eigenvalue weighted by molar-refractivity contribution is 6.29. The molecule has 0 spiro atoms. The summed E-state index contributed by atoms with van der Waals surface area (Å²) in [6.45, 7) is 0. The van der Waals surface area contributed by atoms with Crippen molar-refractivity contribution in [2.75, 3.05) is 0 Å². The van der Waals surface area contributed by atoms with Gasteiger partial charge in [0, 0.05) is 16.7 Å². The molecule has 1 aromatic heterocycles. The number of alkyl halides is 6. The summed E-state index contributed by atoms with van der Waals surface area (Å²) in [6.07, 6.45) is -9.94. The molecular formula is C19H10ClF6NO2. The molecule has 3 aromatic rings. The monoisotopic (exact) mass is 433 g/mol. The van der Waals surface area contributed by atoms with Crippen molar-refractivity contribution in [2.45, 2.75) is 12.7 Å². The summed E-state index contributed by atoms with van der Waals surface area (Å²) in [7, 11) is 0. The van der Waals surface area contributed by atoms with Gasteiger partial charge in [0.15, 0.2) is 0 Å². The number of aromatic nitrogens is 1. The molecule has 0 saturated heterocycles. The molecule has 0 radical (unpaired) electrons. The van der Waals surface area contributed by atoms with Crippen molar-refractivity contribution in [3.63, 3.8) is 0 Å². The van der Waals surface area contributed by atoms with E-state index in [1.807, 2.05) is 0 Å². The SMILES string of the molecule is FC(F)(F)Oc1ccccc1-c1ccc(Cl)nc1-c1ccccc1OC(F)(F)F. The van der Waals surface area contributed by atoms with Gasteiger partial charge in [-0.25, -0.2) is 4.98 Å². The van der Waals surface area contributed by atoms with Gasteiger partial charge in [0.2, 0.25) is 0 Å². The first kappa shape index (κ1) is 20.8. The second kappa shape index (κ2) is 7.82. The Bertz CT molecular complexity index is 1020. The highest BCUT2D eigenvalue weighted by Gasteiger charge is 2.34. The Balaban J connectivity index is 2.21. The summed E-state index contributed by atoms with van der Waals surface area (Å²) in [5.74, 6) is -1.12. The lowest BCUT2D eigenvalue weighted by atomic mass is 9.98. The number of halogens is 7. The van der Waals surface area contributed by atoms with Crippen LogP contribution in [0.5, 0.6) is 11.5 Å². The zero-order valence-electron chi connectivity index (χ0n) is 14.2. The number of pyridine rings is 1. The number of para-hydroxylation sites is 2. The maximum Gasteiger partial charge on any atom is 0.573 e. The molecule has 152 valence electrons. The van der Waals surface area contributed by atoms with Gasteiger partial charge in [-0.3, -0.25) is 0 Å². The van der Waals surface area contributed by atoms with Crippen LogP contribution in [0.15, 0.2) is 60.7 Å². The van der Waals surface area contributed by atoms with Crippen LogP contribution in [0.3, 0.4) is 0 Å². The van der Waals surface area contributed by atoms with E-state index < -0.39 is 24.2 Å². The van der Waals surface area contributed by atoms with Crippen molar-refractivity contribution in [3.05, 3.63) is 65.8 Å². The van der Waals surface area contributed by atoms with E-state index in [1.54, 1.807) is 0 Å². The Morgan fingerprint density at radius 3 is 1.66 bits per heavy atom. The standard InChI is InChI=1S/C19H10ClF6NO2/c20-16-10-9-12(11-5-1-3-7-14(11)28-18(21,22)23)17(27-16)13-6-2-4-8-15(13)29-19(24,25)26/h1-10H. The topological polar surface area (TPSA) is 31.4 Å². The van der Waals surface area contributed by atoms with Crippen LogP contribution < -0.4 is 9.47 Å². The van der Waals surface area contributed by atoms with E-state index in [9.17, 15) is 26.3 Å². The van der Waals surface area contributed by atoms with Gasteiger partial charge in [0.1, 0.15) is 16.7 Å². The zero-order chi connectivity index (χ0) is 21.2. The fraction of sp³-hybridized carbons (Fsp3) is 0.105. The molecule has 0 atom stereocenters. The molecule has 0 fully saturated rings. The van der Waals surface area contributed by atoms with E-state index in [-0.39, 0.29) is 27.5 Å². The number of rotatable bonds is 4. The lowest BCUT2D eigenvalue weighted by Gasteiger charge is -2.17. The number of hydrogen-bond donors (Lipinski definition) is 0. The fourth-order valence-corrected chi connectivity index (χ4v) is 2.78. The summed E-state index contributed by atoms with van der Waals surface area (Å²) in [5.41, 5.74) is -0.169. The van der Waals surface area contributed by atoms with Crippen LogP contribution in [0.25, 0.3) is 22.4 Å². The van der Waals surface area contributed by atoms with Crippen molar-refractivity contribution in [1.29, 1.82) is 0 Å². The highest BCUT2D eigenvalue weighted by atomic mass is 35.5. The van der Waals surface area contributed by atoms with Gasteiger partial charge in [-0.15, -0.1) is 26.3 Å². The van der Waals surface area contributed by atoms with E-state index in [4.69, 9.17) is 11.6 Å². The van der Waals surface area contributed by atoms with E-state index >= 15 is 0 Å². The van der Waals surface area contributed by atoms with Crippen LogP contribution in [0.1, 0.15) is 0 Å². The molecule has 2 aromatic carbocycles. The van der Waals surface area contributed by atoms with E-state index in [2.05, 4.69) is 14.5 Å². The minimum atomic E-state index is -4.98. The lowest BCUT2D eigenvalue weighted by Crippen LogP contribution is -2.18. The molecule has 0 unspecified atom stereocenters. The van der Waals surface area contributed by atoms with Crippen molar-refractivity contribution in [2.24, 2.45) is 0 Å². The predicted molar refractivity (Wildman–Crippen MR) is 93.5 cm³/mol. The van der Waals surface area contributed by atoms with Crippen LogP contribution >= 0.6 is 11.6 Å². The summed E-state index contributed by atoms with van der Waals surface area (Å²) in [6, 6.07) is 12.9. The molecule has 3 rings (SSSR count). The first-order valence-corrected chi connectivity index (χ1v) is 8.28. The third-order valence-corrected chi connectivity index (χ3v) is 3.84. The van der Waals surface area contributed by atoms with Gasteiger partial charge in [-0.2, -0.15) is 0 Å². The van der Waals surface area contributed by atoms with Crippen LogP contribution in [0.4, 0.5) is 26.3 Å². The summed E-state index contributed by atoms with van der Waals surface area (Å²) in [5, 5.41) is -0.0696. The minimum absolute atomic E-state index is 0.0363. The Labute approximate surface area is 165 Å². The molecular weight excluding hydrogens is 424 g/mol. The highest BCUT2D eigenvalue weighted by Crippen LogP contribution is 2.42. The van der Waals surface area contributed by atoms with Gasteiger partial charge < -0.3 is 9.47 Å². The largest absolute Gasteiger partial charge is 0.573 e. The summed E-state index contributed by atoms with van der Waals surface area (Å²) in [4.78, 5) is 4.03. The summed E-state index contributed by atoms with van der Waals surface area (Å²) < 4.78 is 84.7. The normalized spacial score (nSPS) is 12.0. The second-order valence-electron chi connectivity index (χ2n) is 5.62. The van der Waals surface area contributed by atoms with Crippen molar-refractivity contribution in [3.8, 4) is 33.9 Å². The Morgan fingerprint density at radius 2 is 1.10 bits per heavy atom. The Kier molecular flexibility index (Phi) is 5.61. The number of benzene rings is 2. The average Bonchev–Trinajstić information content (AvgIpc) is 2.60. The predicted octanol–water partition coefficient (Wildman–Crippen LogP) is 6.87. The molecule has 29 heavy (non-hydrogen) atoms. The van der Waals surface area contributed by atoms with Gasteiger partial charge in [0.05, 0.1) is 5.69 Å². The van der Waals surface area contributed by atoms with Crippen molar-refractivity contribution < 1.29 is 35.8 Å². The van der Waals surface area contributed by atoms with Crippen LogP contribution in [-0.4, -0.2) is 17.7 Å². The average molecular weight is 434 g/mol. The lowest BCUT2D eigenvalue weighted by molar-refractivity contribution is -0.275. The fourth-order valence-electron chi connectivity index (χ4n) is 2.64. The van der Waals surface area contributed by atoms with E-state index in [0.717, 1.165) is 12.1 Å². The number of ether oxygens (including phenoxy) is 2. The van der Waals surface area contributed by atoms with Gasteiger partial charge in [0.25, 0.3) is 0 Å². The Hall–Kier alpha value is -2.94. The zero-order valence-corrected chi connectivity index (χ0v) is 14.9. The summed E-state index contributed by atoms with van der Waals surface area (Å²) >= 11 is 5.90. The number of nitrogens with zero attached hydrogens (tertiary/aromatic N) is 1. The third kappa shape index (κ3) is 5.32. The van der Waals surface area contributed by atoms with Gasteiger partial charge in [-0.05, 0) is 30.3 Å². The van der Waals surface area contributed by atoms with E-state index in [1.165, 1.54) is 48.5 Å². The van der Waals surface area contributed by atoms with Gasteiger partial charge >= 0.3 is 12.7 Å². The molecule has 0 amide bonds. The molecule has 0 bridgehead atoms. The minimum Gasteiger partial charge on any atom is -0.405 e. The maximum atomic E-state index is 12.8. The molecule has 1 heterocycles. The molecule has 0 N–H and O–H groups in total. The smallest absolute Gasteiger partial charge is 0.405 e. The molecule has 0 saturated carbocycles. The van der Waals surface area contributed by atoms with Gasteiger partial charge in [-0.1, -0.05) is 41.9 Å². The third-order valence-electron chi connectivity index (χ3n) is 3.63. The molecule has 3 nitrogen and oxygen atoms in total. The molecule has 0 aliphatic heterocycles. The Morgan fingerprint density at radius 1 is 0.621 bits per heavy atom. The number of hydrogen-bond acceptors (Lipinski definition) is 3. The molecule has 10 heteroatoms. The molecule has 0 aliphatic rings. The second-order valence-corrected chi connectivity index (χ2v) is 6.01. The van der Waals surface area contributed by atoms with Crippen molar-refractivity contribution in [1.82, 2.24) is 4.98 Å².